The van der Waals surface area contributed by atoms with E-state index in [4.69, 9.17) is 0 Å². The van der Waals surface area contributed by atoms with Crippen molar-refractivity contribution in [2.24, 2.45) is 0 Å². The zero-order valence-corrected chi connectivity index (χ0v) is 7.05. The number of aryl methyl sites for hydroxylation is 1. The zero-order chi connectivity index (χ0) is 7.72. The quantitative estimate of drug-likeness (QED) is 0.581. The fourth-order valence-electron chi connectivity index (χ4n) is 1.03. The van der Waals surface area contributed by atoms with Gasteiger partial charge in [0.25, 0.3) is 0 Å². The van der Waals surface area contributed by atoms with Gasteiger partial charge in [-0.15, -0.1) is 0 Å². The molecule has 10 heavy (non-hydrogen) atoms. The third kappa shape index (κ3) is 1.06. The second kappa shape index (κ2) is 2.45. The van der Waals surface area contributed by atoms with Gasteiger partial charge in [-0.05, 0) is 33.3 Å². The molecule has 0 unspecified atom stereocenters. The van der Waals surface area contributed by atoms with Crippen molar-refractivity contribution in [2.75, 3.05) is 0 Å². The second-order valence-electron chi connectivity index (χ2n) is 2.95. The highest BCUT2D eigenvalue weighted by molar-refractivity contribution is 5.13. The van der Waals surface area contributed by atoms with Crippen LogP contribution in [0.2, 0.25) is 0 Å². The molecule has 0 fully saturated rings. The molecule has 0 saturated heterocycles. The highest BCUT2D eigenvalue weighted by Gasteiger charge is 2.03. The Bertz CT molecular complexity index is 223. The van der Waals surface area contributed by atoms with Gasteiger partial charge in [0, 0.05) is 11.7 Å². The average Bonchev–Trinajstić information content (AvgIpc) is 2.14. The lowest BCUT2D eigenvalue weighted by Crippen LogP contribution is -2.04. The zero-order valence-electron chi connectivity index (χ0n) is 7.05. The largest absolute Gasteiger partial charge is 0.267 e. The molecule has 0 aliphatic carbocycles. The SMILES string of the molecule is Cc1cnn(C(C)C)c1C. The van der Waals surface area contributed by atoms with Crippen LogP contribution in [0.4, 0.5) is 0 Å². The fraction of sp³-hybridized carbons (Fsp3) is 0.625. The molecule has 1 heterocycles. The van der Waals surface area contributed by atoms with Gasteiger partial charge in [-0.25, -0.2) is 0 Å². The summed E-state index contributed by atoms with van der Waals surface area (Å²) in [5.74, 6) is 0. The van der Waals surface area contributed by atoms with Crippen molar-refractivity contribution in [3.63, 3.8) is 0 Å². The molecule has 0 radical (unpaired) electrons. The molecule has 0 saturated carbocycles. The highest BCUT2D eigenvalue weighted by atomic mass is 15.3. The Balaban J connectivity index is 3.05. The van der Waals surface area contributed by atoms with Gasteiger partial charge in [0.2, 0.25) is 0 Å². The van der Waals surface area contributed by atoms with Crippen molar-refractivity contribution in [1.29, 1.82) is 0 Å². The fourth-order valence-corrected chi connectivity index (χ4v) is 1.03. The number of nitrogens with zero attached hydrogens (tertiary/aromatic N) is 2. The van der Waals surface area contributed by atoms with E-state index in [9.17, 15) is 0 Å². The molecule has 0 amide bonds. The van der Waals surface area contributed by atoms with Crippen LogP contribution >= 0.6 is 0 Å². The standard InChI is InChI=1S/C8H14N2/c1-6(2)10-8(4)7(3)5-9-10/h5-6H,1-4H3. The van der Waals surface area contributed by atoms with Crippen LogP contribution in [0.5, 0.6) is 0 Å². The van der Waals surface area contributed by atoms with Crippen molar-refractivity contribution in [2.45, 2.75) is 33.7 Å². The number of hydrogen-bond donors (Lipinski definition) is 0. The van der Waals surface area contributed by atoms with Gasteiger partial charge in [-0.2, -0.15) is 5.10 Å². The van der Waals surface area contributed by atoms with E-state index in [0.29, 0.717) is 6.04 Å². The van der Waals surface area contributed by atoms with E-state index >= 15 is 0 Å². The molecule has 0 spiro atoms. The minimum atomic E-state index is 0.480. The van der Waals surface area contributed by atoms with Gasteiger partial charge in [0.05, 0.1) is 6.20 Å². The lowest BCUT2D eigenvalue weighted by atomic mass is 10.3. The van der Waals surface area contributed by atoms with Crippen LogP contribution in [0.15, 0.2) is 6.20 Å². The summed E-state index contributed by atoms with van der Waals surface area (Å²) in [5, 5.41) is 4.23. The van der Waals surface area contributed by atoms with Gasteiger partial charge < -0.3 is 0 Å². The van der Waals surface area contributed by atoms with Crippen LogP contribution in [0.25, 0.3) is 0 Å². The Labute approximate surface area is 61.9 Å². The minimum Gasteiger partial charge on any atom is -0.267 e. The number of aromatic nitrogens is 2. The summed E-state index contributed by atoms with van der Waals surface area (Å²) >= 11 is 0. The summed E-state index contributed by atoms with van der Waals surface area (Å²) in [6, 6.07) is 0.480. The first-order valence-electron chi connectivity index (χ1n) is 3.63. The van der Waals surface area contributed by atoms with E-state index in [1.54, 1.807) is 0 Å². The predicted octanol–water partition coefficient (Wildman–Crippen LogP) is 2.08. The van der Waals surface area contributed by atoms with E-state index in [-0.39, 0.29) is 0 Å². The Kier molecular flexibility index (Phi) is 1.79. The Morgan fingerprint density at radius 2 is 2.00 bits per heavy atom. The summed E-state index contributed by atoms with van der Waals surface area (Å²) in [7, 11) is 0. The van der Waals surface area contributed by atoms with Crippen LogP contribution in [-0.4, -0.2) is 9.78 Å². The van der Waals surface area contributed by atoms with E-state index in [2.05, 4.69) is 32.8 Å². The smallest absolute Gasteiger partial charge is 0.0521 e. The summed E-state index contributed by atoms with van der Waals surface area (Å²) in [5.41, 5.74) is 2.55. The minimum absolute atomic E-state index is 0.480. The summed E-state index contributed by atoms with van der Waals surface area (Å²) < 4.78 is 2.04. The Morgan fingerprint density at radius 1 is 1.40 bits per heavy atom. The van der Waals surface area contributed by atoms with Crippen LogP contribution < -0.4 is 0 Å². The molecule has 1 aromatic heterocycles. The van der Waals surface area contributed by atoms with E-state index < -0.39 is 0 Å². The van der Waals surface area contributed by atoms with Crippen molar-refractivity contribution in [1.82, 2.24) is 9.78 Å². The van der Waals surface area contributed by atoms with Crippen LogP contribution in [0.3, 0.4) is 0 Å². The van der Waals surface area contributed by atoms with Gasteiger partial charge >= 0.3 is 0 Å². The third-order valence-electron chi connectivity index (χ3n) is 1.78. The van der Waals surface area contributed by atoms with E-state index in [1.807, 2.05) is 10.9 Å². The van der Waals surface area contributed by atoms with Crippen LogP contribution in [0.1, 0.15) is 31.1 Å². The molecule has 2 heteroatoms. The van der Waals surface area contributed by atoms with E-state index in [0.717, 1.165) is 0 Å². The molecule has 56 valence electrons. The average molecular weight is 138 g/mol. The molecule has 0 atom stereocenters. The topological polar surface area (TPSA) is 17.8 Å². The molecule has 1 aromatic rings. The van der Waals surface area contributed by atoms with Crippen molar-refractivity contribution >= 4 is 0 Å². The molecule has 2 nitrogen and oxygen atoms in total. The van der Waals surface area contributed by atoms with Gasteiger partial charge in [-0.1, -0.05) is 0 Å². The second-order valence-corrected chi connectivity index (χ2v) is 2.95. The normalized spacial score (nSPS) is 10.9. The summed E-state index contributed by atoms with van der Waals surface area (Å²) in [6.07, 6.45) is 1.91. The van der Waals surface area contributed by atoms with Crippen molar-refractivity contribution in [3.05, 3.63) is 17.5 Å². The molecular formula is C8H14N2. The maximum absolute atomic E-state index is 4.23. The van der Waals surface area contributed by atoms with Crippen LogP contribution in [-0.2, 0) is 0 Å². The molecule has 0 aliphatic rings. The molecule has 1 rings (SSSR count). The molecule has 0 N–H and O–H groups in total. The molecule has 0 aliphatic heterocycles. The monoisotopic (exact) mass is 138 g/mol. The lowest BCUT2D eigenvalue weighted by Gasteiger charge is -2.07. The molecule has 0 bridgehead atoms. The van der Waals surface area contributed by atoms with Gasteiger partial charge in [0.1, 0.15) is 0 Å². The van der Waals surface area contributed by atoms with Crippen molar-refractivity contribution in [3.8, 4) is 0 Å². The maximum Gasteiger partial charge on any atom is 0.0521 e. The number of rotatable bonds is 1. The highest BCUT2D eigenvalue weighted by Crippen LogP contribution is 2.10. The summed E-state index contributed by atoms with van der Waals surface area (Å²) in [4.78, 5) is 0. The number of hydrogen-bond acceptors (Lipinski definition) is 1. The Hall–Kier alpha value is -0.790. The first-order valence-corrected chi connectivity index (χ1v) is 3.63. The third-order valence-corrected chi connectivity index (χ3v) is 1.78. The van der Waals surface area contributed by atoms with Crippen molar-refractivity contribution < 1.29 is 0 Å². The Morgan fingerprint density at radius 3 is 2.20 bits per heavy atom. The lowest BCUT2D eigenvalue weighted by molar-refractivity contribution is 0.519. The summed E-state index contributed by atoms with van der Waals surface area (Å²) in [6.45, 7) is 8.46. The first kappa shape index (κ1) is 7.32. The van der Waals surface area contributed by atoms with Crippen LogP contribution in [0, 0.1) is 13.8 Å². The molecule has 0 aromatic carbocycles. The maximum atomic E-state index is 4.23. The van der Waals surface area contributed by atoms with E-state index in [1.165, 1.54) is 11.3 Å². The van der Waals surface area contributed by atoms with Gasteiger partial charge in [0.15, 0.2) is 0 Å². The first-order chi connectivity index (χ1) is 4.63. The predicted molar refractivity (Wildman–Crippen MR) is 42.1 cm³/mol. The van der Waals surface area contributed by atoms with Gasteiger partial charge in [-0.3, -0.25) is 4.68 Å². The molecular weight excluding hydrogens is 124 g/mol.